The second kappa shape index (κ2) is 7.90. The molecule has 5 aliphatic carbocycles. The summed E-state index contributed by atoms with van der Waals surface area (Å²) in [6, 6.07) is 0. The number of rotatable bonds is 2. The summed E-state index contributed by atoms with van der Waals surface area (Å²) >= 11 is 0. The van der Waals surface area contributed by atoms with Crippen molar-refractivity contribution >= 4 is 11.9 Å². The minimum Gasteiger partial charge on any atom is -0.481 e. The maximum absolute atomic E-state index is 13.0. The van der Waals surface area contributed by atoms with Gasteiger partial charge in [-0.2, -0.15) is 0 Å². The lowest BCUT2D eigenvalue weighted by Gasteiger charge is -2.77. The Morgan fingerprint density at radius 1 is 0.816 bits per heavy atom. The predicted molar refractivity (Wildman–Crippen MR) is 151 cm³/mol. The number of esters is 1. The summed E-state index contributed by atoms with van der Waals surface area (Å²) in [5, 5.41) is 10.7. The molecule has 0 aliphatic heterocycles. The topological polar surface area (TPSA) is 63.6 Å². The third kappa shape index (κ3) is 3.10. The number of hydrogen-bond donors (Lipinski definition) is 1. The first kappa shape index (κ1) is 28.2. The van der Waals surface area contributed by atoms with E-state index in [9.17, 15) is 14.7 Å². The van der Waals surface area contributed by atoms with E-state index in [-0.39, 0.29) is 55.9 Å². The van der Waals surface area contributed by atoms with Gasteiger partial charge in [-0.15, -0.1) is 0 Å². The van der Waals surface area contributed by atoms with Crippen molar-refractivity contribution in [3.05, 3.63) is 11.6 Å². The van der Waals surface area contributed by atoms with E-state index in [1.165, 1.54) is 0 Å². The number of fused-ring (bicyclic) bond motifs is 7. The molecule has 0 spiro atoms. The van der Waals surface area contributed by atoms with E-state index in [2.05, 4.69) is 68.4 Å². The van der Waals surface area contributed by atoms with Crippen molar-refractivity contribution in [3.63, 3.8) is 0 Å². The van der Waals surface area contributed by atoms with Crippen LogP contribution in [0.1, 0.15) is 133 Å². The molecule has 4 saturated carbocycles. The lowest BCUT2D eigenvalue weighted by atomic mass is 9.27. The van der Waals surface area contributed by atoms with Gasteiger partial charge in [0.05, 0.1) is 5.41 Å². The van der Waals surface area contributed by atoms with Crippen molar-refractivity contribution < 1.29 is 19.4 Å². The SMILES string of the molecule is CC(=O)O[C@H]1CC[C@]2(C)[C@@]3(C)CC[C@]4(C)C(=CC[C@@]5(C(=O)O)CCC(C)(C)C[C@H]54)[C@]3(C)CC[C@@]2(C)C1(C)C. The Morgan fingerprint density at radius 2 is 1.45 bits per heavy atom. The summed E-state index contributed by atoms with van der Waals surface area (Å²) in [6.45, 7) is 23.6. The van der Waals surface area contributed by atoms with Crippen molar-refractivity contribution in [3.8, 4) is 0 Å². The molecular formula is C34H54O4. The van der Waals surface area contributed by atoms with E-state index in [4.69, 9.17) is 4.74 Å². The van der Waals surface area contributed by atoms with Gasteiger partial charge in [-0.05, 0) is 103 Å². The first-order valence-electron chi connectivity index (χ1n) is 15.4. The number of allylic oxidation sites excluding steroid dienone is 2. The molecule has 0 radical (unpaired) electrons. The van der Waals surface area contributed by atoms with Crippen LogP contribution in [0.25, 0.3) is 0 Å². The average Bonchev–Trinajstić information content (AvgIpc) is 2.80. The predicted octanol–water partition coefficient (Wildman–Crippen LogP) is 8.58. The van der Waals surface area contributed by atoms with E-state index in [1.54, 1.807) is 12.5 Å². The molecule has 0 aromatic heterocycles. The molecule has 4 fully saturated rings. The standard InChI is InChI=1S/C34H54O4/c1-22(35)38-25-12-13-33(10)31(8,28(25,4)5)19-17-30(7)23-11-14-34(26(36)37)20-15-27(2,3)21-24(34)29(23,6)16-18-32(30,33)9/h11,24-25H,12-21H2,1-10H3,(H,36,37)/t24-,25-,29+,30-,31-,32-,33-,34+/m0/s1. The second-order valence-electron chi connectivity index (χ2n) is 16.8. The van der Waals surface area contributed by atoms with E-state index in [1.807, 2.05) is 0 Å². The van der Waals surface area contributed by atoms with Gasteiger partial charge in [0.1, 0.15) is 6.10 Å². The minimum atomic E-state index is -0.616. The van der Waals surface area contributed by atoms with Gasteiger partial charge in [0.2, 0.25) is 0 Å². The zero-order chi connectivity index (χ0) is 28.4. The fraction of sp³-hybridized carbons (Fsp3) is 0.882. The number of carbonyl (C=O) groups excluding carboxylic acids is 1. The summed E-state index contributed by atoms with van der Waals surface area (Å²) in [5.74, 6) is -0.545. The molecule has 0 saturated heterocycles. The minimum absolute atomic E-state index is 0.0326. The molecule has 214 valence electrons. The Balaban J connectivity index is 1.62. The van der Waals surface area contributed by atoms with Crippen molar-refractivity contribution in [1.82, 2.24) is 0 Å². The molecule has 0 bridgehead atoms. The Morgan fingerprint density at radius 3 is 2.05 bits per heavy atom. The lowest BCUT2D eigenvalue weighted by molar-refractivity contribution is -0.276. The van der Waals surface area contributed by atoms with E-state index < -0.39 is 11.4 Å². The number of carbonyl (C=O) groups is 2. The molecular weight excluding hydrogens is 472 g/mol. The third-order valence-electron chi connectivity index (χ3n) is 15.1. The van der Waals surface area contributed by atoms with Crippen LogP contribution in [-0.2, 0) is 14.3 Å². The van der Waals surface area contributed by atoms with Gasteiger partial charge in [-0.25, -0.2) is 0 Å². The van der Waals surface area contributed by atoms with Crippen LogP contribution in [0, 0.1) is 49.2 Å². The smallest absolute Gasteiger partial charge is 0.310 e. The quantitative estimate of drug-likeness (QED) is 0.289. The van der Waals surface area contributed by atoms with Crippen molar-refractivity contribution in [2.75, 3.05) is 0 Å². The first-order chi connectivity index (χ1) is 17.3. The van der Waals surface area contributed by atoms with Crippen LogP contribution < -0.4 is 0 Å². The molecule has 4 nitrogen and oxygen atoms in total. The number of ether oxygens (including phenoxy) is 1. The zero-order valence-electron chi connectivity index (χ0n) is 26.0. The number of hydrogen-bond acceptors (Lipinski definition) is 3. The van der Waals surface area contributed by atoms with Gasteiger partial charge in [0.25, 0.3) is 0 Å². The van der Waals surface area contributed by atoms with E-state index in [0.29, 0.717) is 6.42 Å². The molecule has 0 heterocycles. The molecule has 4 heteroatoms. The van der Waals surface area contributed by atoms with Crippen LogP contribution >= 0.6 is 0 Å². The van der Waals surface area contributed by atoms with Gasteiger partial charge in [0, 0.05) is 12.3 Å². The number of carboxylic acids is 1. The van der Waals surface area contributed by atoms with E-state index in [0.717, 1.165) is 57.8 Å². The van der Waals surface area contributed by atoms with Gasteiger partial charge in [-0.1, -0.05) is 74.0 Å². The van der Waals surface area contributed by atoms with Gasteiger partial charge >= 0.3 is 11.9 Å². The summed E-state index contributed by atoms with van der Waals surface area (Å²) in [6.07, 6.45) is 12.3. The van der Waals surface area contributed by atoms with Gasteiger partial charge in [-0.3, -0.25) is 9.59 Å². The summed E-state index contributed by atoms with van der Waals surface area (Å²) < 4.78 is 5.97. The second-order valence-corrected chi connectivity index (χ2v) is 16.8. The van der Waals surface area contributed by atoms with Gasteiger partial charge < -0.3 is 9.84 Å². The Kier molecular flexibility index (Phi) is 5.87. The Labute approximate surface area is 231 Å². The first-order valence-corrected chi connectivity index (χ1v) is 15.4. The van der Waals surface area contributed by atoms with Crippen molar-refractivity contribution in [2.45, 2.75) is 140 Å². The molecule has 0 amide bonds. The lowest BCUT2D eigenvalue weighted by Crippen LogP contribution is -2.71. The summed E-state index contributed by atoms with van der Waals surface area (Å²) in [5.41, 5.74) is 1.20. The maximum atomic E-state index is 13.0. The van der Waals surface area contributed by atoms with Crippen LogP contribution in [0.4, 0.5) is 0 Å². The van der Waals surface area contributed by atoms with Gasteiger partial charge in [0.15, 0.2) is 0 Å². The number of carboxylic acid groups (broad SMARTS) is 1. The monoisotopic (exact) mass is 526 g/mol. The van der Waals surface area contributed by atoms with Crippen LogP contribution in [0.3, 0.4) is 0 Å². The number of aliphatic carboxylic acids is 1. The molecule has 0 aromatic carbocycles. The average molecular weight is 527 g/mol. The van der Waals surface area contributed by atoms with Crippen molar-refractivity contribution in [2.24, 2.45) is 49.2 Å². The van der Waals surface area contributed by atoms with Crippen LogP contribution in [-0.4, -0.2) is 23.1 Å². The highest BCUT2D eigenvalue weighted by Crippen LogP contribution is 2.82. The molecule has 38 heavy (non-hydrogen) atoms. The third-order valence-corrected chi connectivity index (χ3v) is 15.1. The molecule has 5 rings (SSSR count). The van der Waals surface area contributed by atoms with Crippen molar-refractivity contribution in [1.29, 1.82) is 0 Å². The fourth-order valence-electron chi connectivity index (χ4n) is 11.8. The molecule has 1 N–H and O–H groups in total. The Bertz CT molecular complexity index is 1090. The summed E-state index contributed by atoms with van der Waals surface area (Å²) in [7, 11) is 0. The Hall–Kier alpha value is -1.32. The van der Waals surface area contributed by atoms with Crippen LogP contribution in [0.15, 0.2) is 11.6 Å². The highest BCUT2D eigenvalue weighted by atomic mass is 16.5. The highest BCUT2D eigenvalue weighted by Gasteiger charge is 2.75. The molecule has 0 aromatic rings. The highest BCUT2D eigenvalue weighted by molar-refractivity contribution is 5.76. The van der Waals surface area contributed by atoms with E-state index >= 15 is 0 Å². The largest absolute Gasteiger partial charge is 0.481 e. The normalized spacial score (nSPS) is 50.8. The maximum Gasteiger partial charge on any atom is 0.310 e. The van der Waals surface area contributed by atoms with Crippen LogP contribution in [0.5, 0.6) is 0 Å². The molecule has 0 unspecified atom stereocenters. The van der Waals surface area contributed by atoms with Crippen LogP contribution in [0.2, 0.25) is 0 Å². The molecule has 5 aliphatic rings. The molecule has 8 atom stereocenters. The zero-order valence-corrected chi connectivity index (χ0v) is 26.0. The fourth-order valence-corrected chi connectivity index (χ4v) is 11.8. The summed E-state index contributed by atoms with van der Waals surface area (Å²) in [4.78, 5) is 25.0.